The normalized spacial score (nSPS) is 13.7. The molecule has 0 radical (unpaired) electrons. The predicted octanol–water partition coefficient (Wildman–Crippen LogP) is 4.45. The van der Waals surface area contributed by atoms with Crippen molar-refractivity contribution < 1.29 is 19.1 Å². The molecule has 1 aliphatic heterocycles. The lowest BCUT2D eigenvalue weighted by Gasteiger charge is -2.26. The van der Waals surface area contributed by atoms with Crippen LogP contribution in [0.4, 0.5) is 16.2 Å². The van der Waals surface area contributed by atoms with Gasteiger partial charge in [0, 0.05) is 36.0 Å². The molecule has 0 unspecified atom stereocenters. The van der Waals surface area contributed by atoms with Crippen LogP contribution in [0.3, 0.4) is 0 Å². The number of amides is 4. The lowest BCUT2D eigenvalue weighted by Crippen LogP contribution is -2.49. The summed E-state index contributed by atoms with van der Waals surface area (Å²) in [5.41, 5.74) is 0.780. The number of hydrogen-bond acceptors (Lipinski definition) is 6. The van der Waals surface area contributed by atoms with Crippen LogP contribution in [0.15, 0.2) is 54.9 Å². The molecule has 10 heteroatoms. The van der Waals surface area contributed by atoms with Gasteiger partial charge in [-0.1, -0.05) is 20.8 Å². The molecule has 1 fully saturated rings. The molecule has 4 rings (SSSR count). The number of carbonyl (C=O) groups excluding carboxylic acids is 3. The van der Waals surface area contributed by atoms with E-state index in [2.05, 4.69) is 20.9 Å². The molecule has 1 saturated heterocycles. The standard InChI is InChI=1S/C25H27N5O4S/c1-25(2,3)20-14-19(22(35-20)23(32)30-13-12-27-21(31)15-30)29-24(33)28-16-4-6-17(7-5-16)34-18-8-10-26-11-9-18/h4-11,14H,12-13,15H2,1-3H3,(H,27,31)(H2,28,29,33). The molecule has 0 saturated carbocycles. The Morgan fingerprint density at radius 1 is 1.06 bits per heavy atom. The third kappa shape index (κ3) is 6.15. The molecular weight excluding hydrogens is 466 g/mol. The van der Waals surface area contributed by atoms with Crippen molar-refractivity contribution in [3.05, 3.63) is 64.6 Å². The zero-order valence-electron chi connectivity index (χ0n) is 19.8. The predicted molar refractivity (Wildman–Crippen MR) is 135 cm³/mol. The Hall–Kier alpha value is -3.92. The first-order valence-electron chi connectivity index (χ1n) is 11.2. The fourth-order valence-electron chi connectivity index (χ4n) is 3.40. The second kappa shape index (κ2) is 10.1. The number of benzene rings is 1. The summed E-state index contributed by atoms with van der Waals surface area (Å²) in [6.45, 7) is 6.96. The Balaban J connectivity index is 1.46. The van der Waals surface area contributed by atoms with Crippen LogP contribution in [-0.4, -0.2) is 47.4 Å². The molecular formula is C25H27N5O4S. The Morgan fingerprint density at radius 3 is 2.40 bits per heavy atom. The highest BCUT2D eigenvalue weighted by Crippen LogP contribution is 2.36. The number of carbonyl (C=O) groups is 3. The maximum atomic E-state index is 13.2. The number of rotatable bonds is 5. The van der Waals surface area contributed by atoms with Crippen molar-refractivity contribution >= 4 is 40.6 Å². The molecule has 2 aromatic heterocycles. The molecule has 3 aromatic rings. The van der Waals surface area contributed by atoms with E-state index in [1.165, 1.54) is 16.2 Å². The minimum atomic E-state index is -0.475. The van der Waals surface area contributed by atoms with Crippen LogP contribution in [0.2, 0.25) is 0 Å². The molecule has 0 aliphatic carbocycles. The average Bonchev–Trinajstić information content (AvgIpc) is 3.25. The number of pyridine rings is 1. The Morgan fingerprint density at radius 2 is 1.74 bits per heavy atom. The topological polar surface area (TPSA) is 113 Å². The summed E-state index contributed by atoms with van der Waals surface area (Å²) in [7, 11) is 0. The molecule has 9 nitrogen and oxygen atoms in total. The van der Waals surface area contributed by atoms with Crippen molar-refractivity contribution in [2.75, 3.05) is 30.3 Å². The molecule has 1 aliphatic rings. The smallest absolute Gasteiger partial charge is 0.323 e. The van der Waals surface area contributed by atoms with Crippen molar-refractivity contribution in [3.8, 4) is 11.5 Å². The average molecular weight is 494 g/mol. The minimum absolute atomic E-state index is 0.00113. The number of anilines is 2. The van der Waals surface area contributed by atoms with Crippen LogP contribution in [-0.2, 0) is 10.2 Å². The van der Waals surface area contributed by atoms with E-state index >= 15 is 0 Å². The number of piperazine rings is 1. The van der Waals surface area contributed by atoms with Gasteiger partial charge in [0.2, 0.25) is 5.91 Å². The monoisotopic (exact) mass is 493 g/mol. The summed E-state index contributed by atoms with van der Waals surface area (Å²) in [5.74, 6) is 0.816. The first-order chi connectivity index (χ1) is 16.7. The van der Waals surface area contributed by atoms with Crippen LogP contribution in [0.5, 0.6) is 11.5 Å². The van der Waals surface area contributed by atoms with Crippen molar-refractivity contribution in [2.45, 2.75) is 26.2 Å². The summed E-state index contributed by atoms with van der Waals surface area (Å²) < 4.78 is 5.74. The Bertz CT molecular complexity index is 1220. The second-order valence-corrected chi connectivity index (χ2v) is 10.1. The van der Waals surface area contributed by atoms with Gasteiger partial charge in [-0.15, -0.1) is 11.3 Å². The van der Waals surface area contributed by atoms with Gasteiger partial charge in [-0.05, 0) is 47.9 Å². The summed E-state index contributed by atoms with van der Waals surface area (Å²) in [6, 6.07) is 11.8. The molecule has 4 amide bonds. The zero-order valence-corrected chi connectivity index (χ0v) is 20.6. The van der Waals surface area contributed by atoms with Crippen molar-refractivity contribution in [1.29, 1.82) is 0 Å². The van der Waals surface area contributed by atoms with Gasteiger partial charge in [0.15, 0.2) is 0 Å². The number of thiophene rings is 1. The number of nitrogens with one attached hydrogen (secondary N) is 3. The van der Waals surface area contributed by atoms with Gasteiger partial charge in [-0.2, -0.15) is 0 Å². The molecule has 3 N–H and O–H groups in total. The maximum Gasteiger partial charge on any atom is 0.323 e. The van der Waals surface area contributed by atoms with Gasteiger partial charge in [-0.3, -0.25) is 14.6 Å². The lowest BCUT2D eigenvalue weighted by molar-refractivity contribution is -0.123. The minimum Gasteiger partial charge on any atom is -0.457 e. The summed E-state index contributed by atoms with van der Waals surface area (Å²) >= 11 is 1.33. The van der Waals surface area contributed by atoms with Gasteiger partial charge in [0.05, 0.1) is 12.2 Å². The van der Waals surface area contributed by atoms with Gasteiger partial charge < -0.3 is 25.6 Å². The third-order valence-corrected chi connectivity index (χ3v) is 6.79. The second-order valence-electron chi connectivity index (χ2n) is 9.07. The Kier molecular flexibility index (Phi) is 7.02. The highest BCUT2D eigenvalue weighted by Gasteiger charge is 2.29. The van der Waals surface area contributed by atoms with Crippen LogP contribution < -0.4 is 20.7 Å². The van der Waals surface area contributed by atoms with E-state index in [-0.39, 0.29) is 23.8 Å². The van der Waals surface area contributed by atoms with Gasteiger partial charge in [0.25, 0.3) is 5.91 Å². The summed E-state index contributed by atoms with van der Waals surface area (Å²) in [5, 5.41) is 8.31. The molecule has 0 spiro atoms. The lowest BCUT2D eigenvalue weighted by atomic mass is 9.94. The van der Waals surface area contributed by atoms with E-state index in [4.69, 9.17) is 4.74 Å². The molecule has 1 aromatic carbocycles. The van der Waals surface area contributed by atoms with Crippen molar-refractivity contribution in [3.63, 3.8) is 0 Å². The number of nitrogens with zero attached hydrogens (tertiary/aromatic N) is 2. The Labute approximate surface area is 207 Å². The fraction of sp³-hybridized carbons (Fsp3) is 0.280. The van der Waals surface area contributed by atoms with Gasteiger partial charge >= 0.3 is 6.03 Å². The van der Waals surface area contributed by atoms with Crippen molar-refractivity contribution in [2.24, 2.45) is 0 Å². The SMILES string of the molecule is CC(C)(C)c1cc(NC(=O)Nc2ccc(Oc3ccncc3)cc2)c(C(=O)N2CCNC(=O)C2)s1. The molecule has 0 atom stereocenters. The molecule has 35 heavy (non-hydrogen) atoms. The first-order valence-corrected chi connectivity index (χ1v) is 12.0. The van der Waals surface area contributed by atoms with Gasteiger partial charge in [0.1, 0.15) is 16.4 Å². The quantitative estimate of drug-likeness (QED) is 0.486. The number of hydrogen-bond donors (Lipinski definition) is 3. The van der Waals surface area contributed by atoms with E-state index in [1.807, 2.05) is 26.8 Å². The van der Waals surface area contributed by atoms with E-state index in [1.54, 1.807) is 48.8 Å². The van der Waals surface area contributed by atoms with Crippen LogP contribution in [0, 0.1) is 0 Å². The largest absolute Gasteiger partial charge is 0.457 e. The third-order valence-electron chi connectivity index (χ3n) is 5.24. The summed E-state index contributed by atoms with van der Waals surface area (Å²) in [6.07, 6.45) is 3.29. The summed E-state index contributed by atoms with van der Waals surface area (Å²) in [4.78, 5) is 44.6. The van der Waals surface area contributed by atoms with Gasteiger partial charge in [-0.25, -0.2) is 4.79 Å². The fourth-order valence-corrected chi connectivity index (χ4v) is 4.54. The van der Waals surface area contributed by atoms with Crippen LogP contribution >= 0.6 is 11.3 Å². The van der Waals surface area contributed by atoms with E-state index in [9.17, 15) is 14.4 Å². The van der Waals surface area contributed by atoms with E-state index in [0.717, 1.165) is 4.88 Å². The zero-order chi connectivity index (χ0) is 25.0. The van der Waals surface area contributed by atoms with E-state index in [0.29, 0.717) is 40.8 Å². The highest BCUT2D eigenvalue weighted by atomic mass is 32.1. The number of urea groups is 1. The first kappa shape index (κ1) is 24.2. The van der Waals surface area contributed by atoms with Crippen molar-refractivity contribution in [1.82, 2.24) is 15.2 Å². The van der Waals surface area contributed by atoms with Crippen LogP contribution in [0.1, 0.15) is 35.3 Å². The number of ether oxygens (including phenoxy) is 1. The molecule has 3 heterocycles. The van der Waals surface area contributed by atoms with E-state index < -0.39 is 6.03 Å². The molecule has 182 valence electrons. The number of aromatic nitrogens is 1. The highest BCUT2D eigenvalue weighted by molar-refractivity contribution is 7.14. The van der Waals surface area contributed by atoms with Crippen LogP contribution in [0.25, 0.3) is 0 Å². The molecule has 0 bridgehead atoms. The maximum absolute atomic E-state index is 13.2.